The summed E-state index contributed by atoms with van der Waals surface area (Å²) in [6.07, 6.45) is 0. The summed E-state index contributed by atoms with van der Waals surface area (Å²) in [6.45, 7) is 4.82. The van der Waals surface area contributed by atoms with Gasteiger partial charge in [-0.25, -0.2) is 4.79 Å². The number of rotatable bonds is 6. The van der Waals surface area contributed by atoms with Gasteiger partial charge in [-0.1, -0.05) is 35.5 Å². The van der Waals surface area contributed by atoms with E-state index >= 15 is 0 Å². The van der Waals surface area contributed by atoms with Gasteiger partial charge in [-0.05, 0) is 42.5 Å². The summed E-state index contributed by atoms with van der Waals surface area (Å²) in [7, 11) is 1.38. The SMILES string of the molecule is CCn1c(SCc2ccc(C(=O)OC)cc2)nnc1-c1scc(C)c1Cl. The second-order valence-corrected chi connectivity index (χ2v) is 7.79. The van der Waals surface area contributed by atoms with Crippen LogP contribution in [0, 0.1) is 6.92 Å². The molecule has 5 nitrogen and oxygen atoms in total. The predicted octanol–water partition coefficient (Wildman–Crippen LogP) is 5.07. The quantitative estimate of drug-likeness (QED) is 0.422. The Kier molecular flexibility index (Phi) is 6.01. The van der Waals surface area contributed by atoms with Gasteiger partial charge >= 0.3 is 5.97 Å². The summed E-state index contributed by atoms with van der Waals surface area (Å²) >= 11 is 9.58. The Hall–Kier alpha value is -1.83. The van der Waals surface area contributed by atoms with Gasteiger partial charge in [0.05, 0.1) is 22.6 Å². The number of thioether (sulfide) groups is 1. The molecule has 2 aromatic heterocycles. The van der Waals surface area contributed by atoms with Crippen LogP contribution in [0.2, 0.25) is 5.02 Å². The number of aryl methyl sites for hydroxylation is 1. The predicted molar refractivity (Wildman–Crippen MR) is 106 cm³/mol. The molecule has 0 saturated carbocycles. The van der Waals surface area contributed by atoms with Crippen LogP contribution in [-0.4, -0.2) is 27.8 Å². The van der Waals surface area contributed by atoms with Crippen LogP contribution in [0.25, 0.3) is 10.7 Å². The first-order valence-corrected chi connectivity index (χ1v) is 10.3. The molecule has 0 radical (unpaired) electrons. The van der Waals surface area contributed by atoms with Gasteiger partial charge in [0.1, 0.15) is 0 Å². The minimum absolute atomic E-state index is 0.331. The number of carbonyl (C=O) groups is 1. The highest BCUT2D eigenvalue weighted by Gasteiger charge is 2.18. The summed E-state index contributed by atoms with van der Waals surface area (Å²) in [5.74, 6) is 1.21. The van der Waals surface area contributed by atoms with E-state index in [1.807, 2.05) is 24.4 Å². The highest BCUT2D eigenvalue weighted by atomic mass is 35.5. The number of carbonyl (C=O) groups excluding carboxylic acids is 1. The van der Waals surface area contributed by atoms with Crippen molar-refractivity contribution in [3.05, 3.63) is 51.4 Å². The largest absolute Gasteiger partial charge is 0.465 e. The molecule has 8 heteroatoms. The lowest BCUT2D eigenvalue weighted by atomic mass is 10.1. The van der Waals surface area contributed by atoms with Crippen molar-refractivity contribution in [1.82, 2.24) is 14.8 Å². The third-order valence-corrected chi connectivity index (χ3v) is 6.61. The maximum atomic E-state index is 11.5. The third kappa shape index (κ3) is 3.79. The Labute approximate surface area is 165 Å². The molecule has 0 aliphatic heterocycles. The van der Waals surface area contributed by atoms with Gasteiger partial charge in [-0.2, -0.15) is 0 Å². The van der Waals surface area contributed by atoms with E-state index in [4.69, 9.17) is 16.3 Å². The van der Waals surface area contributed by atoms with Gasteiger partial charge in [-0.3, -0.25) is 0 Å². The van der Waals surface area contributed by atoms with E-state index in [0.29, 0.717) is 5.56 Å². The molecule has 0 fully saturated rings. The van der Waals surface area contributed by atoms with E-state index in [1.165, 1.54) is 7.11 Å². The molecule has 0 amide bonds. The highest BCUT2D eigenvalue weighted by Crippen LogP contribution is 2.37. The first-order valence-electron chi connectivity index (χ1n) is 8.02. The van der Waals surface area contributed by atoms with Crippen molar-refractivity contribution >= 4 is 40.7 Å². The number of hydrogen-bond acceptors (Lipinski definition) is 6. The van der Waals surface area contributed by atoms with E-state index in [0.717, 1.165) is 44.3 Å². The van der Waals surface area contributed by atoms with Gasteiger partial charge in [0.25, 0.3) is 0 Å². The highest BCUT2D eigenvalue weighted by molar-refractivity contribution is 7.98. The molecule has 136 valence electrons. The van der Waals surface area contributed by atoms with E-state index in [1.54, 1.807) is 35.2 Å². The molecule has 26 heavy (non-hydrogen) atoms. The van der Waals surface area contributed by atoms with Crippen LogP contribution >= 0.6 is 34.7 Å². The summed E-state index contributed by atoms with van der Waals surface area (Å²) in [5, 5.41) is 12.3. The molecule has 0 aliphatic carbocycles. The van der Waals surface area contributed by atoms with Crippen molar-refractivity contribution in [2.45, 2.75) is 31.3 Å². The van der Waals surface area contributed by atoms with Crippen LogP contribution in [-0.2, 0) is 17.0 Å². The molecule has 1 aromatic carbocycles. The maximum absolute atomic E-state index is 11.5. The summed E-state index contributed by atoms with van der Waals surface area (Å²) in [5.41, 5.74) is 2.69. The van der Waals surface area contributed by atoms with Crippen molar-refractivity contribution in [3.8, 4) is 10.7 Å². The Morgan fingerprint density at radius 2 is 2.04 bits per heavy atom. The zero-order valence-corrected chi connectivity index (χ0v) is 17.0. The summed E-state index contributed by atoms with van der Waals surface area (Å²) < 4.78 is 6.79. The molecule has 0 unspecified atom stereocenters. The van der Waals surface area contributed by atoms with E-state index in [9.17, 15) is 4.79 Å². The topological polar surface area (TPSA) is 57.0 Å². The zero-order valence-electron chi connectivity index (χ0n) is 14.7. The normalized spacial score (nSPS) is 10.9. The van der Waals surface area contributed by atoms with Crippen LogP contribution in [0.15, 0.2) is 34.8 Å². The number of methoxy groups -OCH3 is 1. The molecule has 2 heterocycles. The Balaban J connectivity index is 1.76. The molecule has 3 rings (SSSR count). The lowest BCUT2D eigenvalue weighted by Gasteiger charge is -2.07. The molecule has 0 saturated heterocycles. The number of hydrogen-bond donors (Lipinski definition) is 0. The minimum atomic E-state index is -0.331. The standard InChI is InChI=1S/C18H18ClN3O2S2/c1-4-22-16(15-14(19)11(2)9-25-15)20-21-18(22)26-10-12-5-7-13(8-6-12)17(23)24-3/h5-9H,4,10H2,1-3H3. The van der Waals surface area contributed by atoms with Gasteiger partial charge in [-0.15, -0.1) is 21.5 Å². The summed E-state index contributed by atoms with van der Waals surface area (Å²) in [4.78, 5) is 12.4. The Bertz CT molecular complexity index is 919. The fourth-order valence-corrected chi connectivity index (χ4v) is 4.66. The number of halogens is 1. The molecular formula is C18H18ClN3O2S2. The van der Waals surface area contributed by atoms with Gasteiger partial charge in [0, 0.05) is 12.3 Å². The van der Waals surface area contributed by atoms with Gasteiger partial charge in [0.2, 0.25) is 0 Å². The fourth-order valence-electron chi connectivity index (χ4n) is 2.43. The van der Waals surface area contributed by atoms with Crippen LogP contribution < -0.4 is 0 Å². The second-order valence-electron chi connectivity index (χ2n) is 5.59. The van der Waals surface area contributed by atoms with Crippen molar-refractivity contribution < 1.29 is 9.53 Å². The lowest BCUT2D eigenvalue weighted by molar-refractivity contribution is 0.0600. The lowest BCUT2D eigenvalue weighted by Crippen LogP contribution is -2.01. The number of nitrogens with zero attached hydrogens (tertiary/aromatic N) is 3. The van der Waals surface area contributed by atoms with E-state index in [2.05, 4.69) is 21.7 Å². The van der Waals surface area contributed by atoms with Crippen LogP contribution in [0.5, 0.6) is 0 Å². The molecule has 0 N–H and O–H groups in total. The van der Waals surface area contributed by atoms with Crippen LogP contribution in [0.4, 0.5) is 0 Å². The number of ether oxygens (including phenoxy) is 1. The van der Waals surface area contributed by atoms with E-state index < -0.39 is 0 Å². The molecular weight excluding hydrogens is 390 g/mol. The Morgan fingerprint density at radius 3 is 2.62 bits per heavy atom. The minimum Gasteiger partial charge on any atom is -0.465 e. The van der Waals surface area contributed by atoms with E-state index in [-0.39, 0.29) is 5.97 Å². The number of thiophene rings is 1. The van der Waals surface area contributed by atoms with Crippen LogP contribution in [0.3, 0.4) is 0 Å². The van der Waals surface area contributed by atoms with Crippen molar-refractivity contribution in [1.29, 1.82) is 0 Å². The number of benzene rings is 1. The molecule has 0 bridgehead atoms. The smallest absolute Gasteiger partial charge is 0.337 e. The first-order chi connectivity index (χ1) is 12.5. The molecule has 0 spiro atoms. The molecule has 0 aliphatic rings. The van der Waals surface area contributed by atoms with Crippen molar-refractivity contribution in [2.24, 2.45) is 0 Å². The molecule has 0 atom stereocenters. The number of aromatic nitrogens is 3. The van der Waals surface area contributed by atoms with Crippen molar-refractivity contribution in [3.63, 3.8) is 0 Å². The van der Waals surface area contributed by atoms with Gasteiger partial charge < -0.3 is 9.30 Å². The third-order valence-electron chi connectivity index (χ3n) is 3.88. The second kappa shape index (κ2) is 8.24. The molecule has 3 aromatic rings. The first kappa shape index (κ1) is 18.9. The Morgan fingerprint density at radius 1 is 1.31 bits per heavy atom. The van der Waals surface area contributed by atoms with Crippen LogP contribution in [0.1, 0.15) is 28.4 Å². The van der Waals surface area contributed by atoms with Gasteiger partial charge in [0.15, 0.2) is 11.0 Å². The zero-order chi connectivity index (χ0) is 18.7. The monoisotopic (exact) mass is 407 g/mol. The van der Waals surface area contributed by atoms with Crippen molar-refractivity contribution in [2.75, 3.05) is 7.11 Å². The average Bonchev–Trinajstić information content (AvgIpc) is 3.22. The number of esters is 1. The maximum Gasteiger partial charge on any atom is 0.337 e. The average molecular weight is 408 g/mol. The summed E-state index contributed by atoms with van der Waals surface area (Å²) in [6, 6.07) is 7.39. The fraction of sp³-hybridized carbons (Fsp3) is 0.278.